The smallest absolute Gasteiger partial charge is 0.267 e. The largest absolute Gasteiger partial charge is 0.272 e. The molecule has 21 heavy (non-hydrogen) atoms. The lowest BCUT2D eigenvalue weighted by Crippen LogP contribution is -2.19. The Balaban J connectivity index is 2.13. The summed E-state index contributed by atoms with van der Waals surface area (Å²) >= 11 is 0. The number of pyridine rings is 1. The molecule has 0 saturated carbocycles. The Kier molecular flexibility index (Phi) is 4.35. The third-order valence-corrected chi connectivity index (χ3v) is 2.72. The number of aromatic nitrogens is 1. The van der Waals surface area contributed by atoms with Crippen LogP contribution in [0.15, 0.2) is 53.9 Å². The van der Waals surface area contributed by atoms with Crippen molar-refractivity contribution in [1.82, 2.24) is 10.4 Å². The van der Waals surface area contributed by atoms with Crippen molar-refractivity contribution in [3.63, 3.8) is 0 Å². The molecule has 0 aliphatic carbocycles. The standard InChI is InChI=1S/C14H12N4O3/c1-10(11-4-2-6-13(8-11)18(20)21)16-17-14(19)12-5-3-7-15-9-12/h2-9H,1H3,(H,17,19)/b16-10+. The second kappa shape index (κ2) is 6.38. The lowest BCUT2D eigenvalue weighted by atomic mass is 10.1. The number of nitrogens with one attached hydrogen (secondary N) is 1. The van der Waals surface area contributed by atoms with Crippen molar-refractivity contribution in [3.05, 3.63) is 70.0 Å². The SMILES string of the molecule is C/C(=N\NC(=O)c1cccnc1)c1cccc([N+](=O)[O-])c1. The molecule has 0 aliphatic heterocycles. The van der Waals surface area contributed by atoms with E-state index in [1.165, 1.54) is 18.3 Å². The molecular weight excluding hydrogens is 272 g/mol. The number of rotatable bonds is 4. The predicted octanol–water partition coefficient (Wildman–Crippen LogP) is 2.14. The number of amides is 1. The number of hydrogen-bond acceptors (Lipinski definition) is 5. The molecule has 7 heteroatoms. The average molecular weight is 284 g/mol. The summed E-state index contributed by atoms with van der Waals surface area (Å²) in [5.41, 5.74) is 3.77. The third-order valence-electron chi connectivity index (χ3n) is 2.72. The van der Waals surface area contributed by atoms with E-state index in [1.54, 1.807) is 37.4 Å². The highest BCUT2D eigenvalue weighted by Crippen LogP contribution is 2.13. The monoisotopic (exact) mass is 284 g/mol. The highest BCUT2D eigenvalue weighted by atomic mass is 16.6. The molecule has 2 rings (SSSR count). The van der Waals surface area contributed by atoms with Crippen LogP contribution >= 0.6 is 0 Å². The highest BCUT2D eigenvalue weighted by Gasteiger charge is 2.08. The molecule has 0 unspecified atom stereocenters. The molecule has 0 spiro atoms. The molecule has 106 valence electrons. The van der Waals surface area contributed by atoms with Gasteiger partial charge in [0.1, 0.15) is 0 Å². The highest BCUT2D eigenvalue weighted by molar-refractivity contribution is 6.01. The summed E-state index contributed by atoms with van der Waals surface area (Å²) in [6.45, 7) is 1.66. The maximum absolute atomic E-state index is 11.8. The molecule has 1 N–H and O–H groups in total. The molecule has 0 bridgehead atoms. The van der Waals surface area contributed by atoms with Gasteiger partial charge in [0.25, 0.3) is 11.6 Å². The minimum absolute atomic E-state index is 0.0272. The zero-order valence-corrected chi connectivity index (χ0v) is 11.2. The van der Waals surface area contributed by atoms with Crippen LogP contribution in [0.25, 0.3) is 0 Å². The van der Waals surface area contributed by atoms with Crippen molar-refractivity contribution in [2.24, 2.45) is 5.10 Å². The van der Waals surface area contributed by atoms with Gasteiger partial charge in [0.2, 0.25) is 0 Å². The molecule has 0 fully saturated rings. The van der Waals surface area contributed by atoms with Crippen molar-refractivity contribution in [3.8, 4) is 0 Å². The molecule has 0 atom stereocenters. The van der Waals surface area contributed by atoms with Crippen molar-refractivity contribution in [1.29, 1.82) is 0 Å². The molecule has 1 aromatic carbocycles. The number of nitro benzene ring substituents is 1. The van der Waals surface area contributed by atoms with Gasteiger partial charge in [0.15, 0.2) is 0 Å². The number of carbonyl (C=O) groups excluding carboxylic acids is 1. The Morgan fingerprint density at radius 1 is 1.29 bits per heavy atom. The van der Waals surface area contributed by atoms with E-state index in [4.69, 9.17) is 0 Å². The van der Waals surface area contributed by atoms with Crippen LogP contribution in [0.1, 0.15) is 22.8 Å². The van der Waals surface area contributed by atoms with Gasteiger partial charge in [-0.2, -0.15) is 5.10 Å². The summed E-state index contributed by atoms with van der Waals surface area (Å²) < 4.78 is 0. The van der Waals surface area contributed by atoms with E-state index in [1.807, 2.05) is 0 Å². The van der Waals surface area contributed by atoms with E-state index < -0.39 is 10.8 Å². The van der Waals surface area contributed by atoms with Crippen molar-refractivity contribution in [2.75, 3.05) is 0 Å². The van der Waals surface area contributed by atoms with Crippen molar-refractivity contribution in [2.45, 2.75) is 6.92 Å². The predicted molar refractivity (Wildman–Crippen MR) is 77.0 cm³/mol. The van der Waals surface area contributed by atoms with Crippen LogP contribution in [0.4, 0.5) is 5.69 Å². The number of carbonyl (C=O) groups is 1. The van der Waals surface area contributed by atoms with Gasteiger partial charge >= 0.3 is 0 Å². The minimum Gasteiger partial charge on any atom is -0.267 e. The quantitative estimate of drug-likeness (QED) is 0.528. The fraction of sp³-hybridized carbons (Fsp3) is 0.0714. The fourth-order valence-electron chi connectivity index (χ4n) is 1.61. The topological polar surface area (TPSA) is 97.5 Å². The van der Waals surface area contributed by atoms with Crippen LogP contribution in [0.5, 0.6) is 0 Å². The number of hydrogen-bond donors (Lipinski definition) is 1. The van der Waals surface area contributed by atoms with Gasteiger partial charge in [0.05, 0.1) is 16.2 Å². The Hall–Kier alpha value is -3.09. The first-order valence-corrected chi connectivity index (χ1v) is 6.07. The van der Waals surface area contributed by atoms with Crippen LogP contribution in [0.3, 0.4) is 0 Å². The molecule has 1 heterocycles. The lowest BCUT2D eigenvalue weighted by molar-refractivity contribution is -0.384. The first kappa shape index (κ1) is 14.3. The molecule has 2 aromatic rings. The third kappa shape index (κ3) is 3.69. The number of benzene rings is 1. The summed E-state index contributed by atoms with van der Waals surface area (Å²) in [5.74, 6) is -0.395. The van der Waals surface area contributed by atoms with Gasteiger partial charge in [-0.15, -0.1) is 0 Å². The molecule has 1 amide bonds. The summed E-state index contributed by atoms with van der Waals surface area (Å²) in [6, 6.07) is 9.30. The summed E-state index contributed by atoms with van der Waals surface area (Å²) in [6.07, 6.45) is 2.99. The van der Waals surface area contributed by atoms with Crippen molar-refractivity contribution >= 4 is 17.3 Å². The van der Waals surface area contributed by atoms with E-state index >= 15 is 0 Å². The summed E-state index contributed by atoms with van der Waals surface area (Å²) in [5, 5.41) is 14.7. The Bertz CT molecular complexity index is 698. The zero-order valence-electron chi connectivity index (χ0n) is 11.2. The van der Waals surface area contributed by atoms with Gasteiger partial charge in [-0.05, 0) is 19.1 Å². The maximum atomic E-state index is 11.8. The van der Waals surface area contributed by atoms with Gasteiger partial charge in [-0.1, -0.05) is 12.1 Å². The van der Waals surface area contributed by atoms with E-state index in [9.17, 15) is 14.9 Å². The Morgan fingerprint density at radius 2 is 2.05 bits per heavy atom. The van der Waals surface area contributed by atoms with Crippen molar-refractivity contribution < 1.29 is 9.72 Å². The number of nitrogens with zero attached hydrogens (tertiary/aromatic N) is 3. The number of nitro groups is 1. The maximum Gasteiger partial charge on any atom is 0.272 e. The van der Waals surface area contributed by atoms with E-state index in [2.05, 4.69) is 15.5 Å². The average Bonchev–Trinajstić information content (AvgIpc) is 2.53. The van der Waals surface area contributed by atoms with Crippen LogP contribution in [0.2, 0.25) is 0 Å². The van der Waals surface area contributed by atoms with E-state index in [-0.39, 0.29) is 5.69 Å². The van der Waals surface area contributed by atoms with Crippen LogP contribution in [0, 0.1) is 10.1 Å². The molecule has 1 aromatic heterocycles. The van der Waals surface area contributed by atoms with Crippen LogP contribution < -0.4 is 5.43 Å². The van der Waals surface area contributed by atoms with Crippen LogP contribution in [-0.4, -0.2) is 21.5 Å². The second-order valence-electron chi connectivity index (χ2n) is 4.19. The van der Waals surface area contributed by atoms with Gasteiger partial charge in [-0.3, -0.25) is 19.9 Å². The summed E-state index contributed by atoms with van der Waals surface area (Å²) in [7, 11) is 0. The number of non-ortho nitro benzene ring substituents is 1. The number of hydrazone groups is 1. The molecule has 0 radical (unpaired) electrons. The van der Waals surface area contributed by atoms with E-state index in [0.29, 0.717) is 16.8 Å². The first-order valence-electron chi connectivity index (χ1n) is 6.07. The molecule has 0 saturated heterocycles. The van der Waals surface area contributed by atoms with Gasteiger partial charge < -0.3 is 0 Å². The van der Waals surface area contributed by atoms with Gasteiger partial charge in [0, 0.05) is 30.1 Å². The fourth-order valence-corrected chi connectivity index (χ4v) is 1.61. The zero-order chi connectivity index (χ0) is 15.2. The lowest BCUT2D eigenvalue weighted by Gasteiger charge is -2.02. The molecular formula is C14H12N4O3. The molecule has 7 nitrogen and oxygen atoms in total. The Morgan fingerprint density at radius 3 is 2.71 bits per heavy atom. The summed E-state index contributed by atoms with van der Waals surface area (Å²) in [4.78, 5) is 25.9. The van der Waals surface area contributed by atoms with Gasteiger partial charge in [-0.25, -0.2) is 5.43 Å². The minimum atomic E-state index is -0.481. The Labute approximate surface area is 120 Å². The first-order chi connectivity index (χ1) is 10.1. The van der Waals surface area contributed by atoms with E-state index in [0.717, 1.165) is 0 Å². The molecule has 0 aliphatic rings. The normalized spacial score (nSPS) is 11.0. The second-order valence-corrected chi connectivity index (χ2v) is 4.19. The van der Waals surface area contributed by atoms with Crippen LogP contribution in [-0.2, 0) is 0 Å².